The third-order valence-corrected chi connectivity index (χ3v) is 4.52. The number of rotatable bonds is 6. The zero-order valence-electron chi connectivity index (χ0n) is 14.1. The first kappa shape index (κ1) is 17.0. The minimum absolute atomic E-state index is 0.152. The van der Waals surface area contributed by atoms with Crippen LogP contribution in [0.4, 0.5) is 16.5 Å². The summed E-state index contributed by atoms with van der Waals surface area (Å²) in [7, 11) is 0. The molecule has 0 fully saturated rings. The van der Waals surface area contributed by atoms with E-state index in [1.165, 1.54) is 11.3 Å². The quantitative estimate of drug-likeness (QED) is 0.665. The van der Waals surface area contributed by atoms with Crippen LogP contribution in [0.3, 0.4) is 0 Å². The van der Waals surface area contributed by atoms with Crippen LogP contribution in [0.1, 0.15) is 22.3 Å². The van der Waals surface area contributed by atoms with Crippen LogP contribution in [0.25, 0.3) is 0 Å². The van der Waals surface area contributed by atoms with Crippen LogP contribution in [0.2, 0.25) is 0 Å². The van der Waals surface area contributed by atoms with Crippen molar-refractivity contribution in [2.45, 2.75) is 13.8 Å². The van der Waals surface area contributed by atoms with E-state index in [1.54, 1.807) is 0 Å². The van der Waals surface area contributed by atoms with Gasteiger partial charge in [-0.3, -0.25) is 4.79 Å². The molecule has 0 saturated heterocycles. The molecule has 0 radical (unpaired) electrons. The van der Waals surface area contributed by atoms with Crippen LogP contribution in [-0.2, 0) is 0 Å². The Morgan fingerprint density at radius 3 is 2.48 bits per heavy atom. The van der Waals surface area contributed by atoms with Crippen molar-refractivity contribution in [3.8, 4) is 5.75 Å². The molecule has 5 nitrogen and oxygen atoms in total. The molecule has 2 aromatic carbocycles. The SMILES string of the molecule is CCOc1ccc(Nc2nc(C)c(C(=O)Nc3ccccc3)s2)cc1. The monoisotopic (exact) mass is 353 g/mol. The number of amides is 1. The number of nitrogens with one attached hydrogen (secondary N) is 2. The summed E-state index contributed by atoms with van der Waals surface area (Å²) in [5.41, 5.74) is 2.36. The molecular weight excluding hydrogens is 334 g/mol. The number of thiazole rings is 1. The summed E-state index contributed by atoms with van der Waals surface area (Å²) in [5.74, 6) is 0.673. The van der Waals surface area contributed by atoms with Crippen LogP contribution in [-0.4, -0.2) is 17.5 Å². The van der Waals surface area contributed by atoms with E-state index in [-0.39, 0.29) is 5.91 Å². The Kier molecular flexibility index (Phi) is 5.30. The molecule has 0 aliphatic carbocycles. The summed E-state index contributed by atoms with van der Waals surface area (Å²) in [6, 6.07) is 17.0. The molecular formula is C19H19N3O2S. The lowest BCUT2D eigenvalue weighted by Gasteiger charge is -2.05. The number of para-hydroxylation sites is 1. The molecule has 3 aromatic rings. The number of aryl methyl sites for hydroxylation is 1. The van der Waals surface area contributed by atoms with Gasteiger partial charge in [0, 0.05) is 11.4 Å². The van der Waals surface area contributed by atoms with Crippen molar-refractivity contribution in [2.75, 3.05) is 17.2 Å². The van der Waals surface area contributed by atoms with Gasteiger partial charge >= 0.3 is 0 Å². The zero-order chi connectivity index (χ0) is 17.6. The van der Waals surface area contributed by atoms with E-state index in [4.69, 9.17) is 4.74 Å². The van der Waals surface area contributed by atoms with E-state index >= 15 is 0 Å². The van der Waals surface area contributed by atoms with Crippen LogP contribution in [0.15, 0.2) is 54.6 Å². The molecule has 2 N–H and O–H groups in total. The highest BCUT2D eigenvalue weighted by molar-refractivity contribution is 7.17. The van der Waals surface area contributed by atoms with Crippen LogP contribution < -0.4 is 15.4 Å². The van der Waals surface area contributed by atoms with Crippen molar-refractivity contribution in [1.82, 2.24) is 4.98 Å². The van der Waals surface area contributed by atoms with Crippen LogP contribution >= 0.6 is 11.3 Å². The highest BCUT2D eigenvalue weighted by atomic mass is 32.1. The van der Waals surface area contributed by atoms with Gasteiger partial charge in [-0.15, -0.1) is 0 Å². The maximum absolute atomic E-state index is 12.4. The first-order valence-corrected chi connectivity index (χ1v) is 8.81. The summed E-state index contributed by atoms with van der Waals surface area (Å²) < 4.78 is 5.43. The number of anilines is 3. The van der Waals surface area contributed by atoms with Gasteiger partial charge in [0.15, 0.2) is 5.13 Å². The fourth-order valence-electron chi connectivity index (χ4n) is 2.29. The fourth-order valence-corrected chi connectivity index (χ4v) is 3.18. The first-order chi connectivity index (χ1) is 12.2. The van der Waals surface area contributed by atoms with Crippen molar-refractivity contribution in [3.05, 3.63) is 65.2 Å². The second-order valence-electron chi connectivity index (χ2n) is 5.34. The van der Waals surface area contributed by atoms with Crippen molar-refractivity contribution >= 4 is 33.8 Å². The Labute approximate surface area is 150 Å². The molecule has 0 spiro atoms. The highest BCUT2D eigenvalue weighted by Crippen LogP contribution is 2.27. The number of hydrogen-bond donors (Lipinski definition) is 2. The minimum Gasteiger partial charge on any atom is -0.494 e. The van der Waals surface area contributed by atoms with Gasteiger partial charge in [-0.2, -0.15) is 0 Å². The standard InChI is InChI=1S/C19H19N3O2S/c1-3-24-16-11-9-15(10-12-16)22-19-20-13(2)17(25-19)18(23)21-14-7-5-4-6-8-14/h4-12H,3H2,1-2H3,(H,20,22)(H,21,23). The number of nitrogens with zero attached hydrogens (tertiary/aromatic N) is 1. The molecule has 128 valence electrons. The van der Waals surface area contributed by atoms with Crippen LogP contribution in [0.5, 0.6) is 5.75 Å². The van der Waals surface area contributed by atoms with Crippen molar-refractivity contribution in [3.63, 3.8) is 0 Å². The van der Waals surface area contributed by atoms with Crippen molar-refractivity contribution in [2.24, 2.45) is 0 Å². The van der Waals surface area contributed by atoms with E-state index in [9.17, 15) is 4.79 Å². The normalized spacial score (nSPS) is 10.3. The van der Waals surface area contributed by atoms with E-state index in [0.29, 0.717) is 22.3 Å². The number of benzene rings is 2. The number of hydrogen-bond acceptors (Lipinski definition) is 5. The predicted molar refractivity (Wildman–Crippen MR) is 102 cm³/mol. The van der Waals surface area contributed by atoms with Gasteiger partial charge < -0.3 is 15.4 Å². The molecule has 0 saturated carbocycles. The van der Waals surface area contributed by atoms with Crippen molar-refractivity contribution in [1.29, 1.82) is 0 Å². The average Bonchev–Trinajstić information content (AvgIpc) is 2.98. The van der Waals surface area contributed by atoms with E-state index in [0.717, 1.165) is 17.1 Å². The lowest BCUT2D eigenvalue weighted by molar-refractivity contribution is 0.103. The van der Waals surface area contributed by atoms with Gasteiger partial charge in [0.05, 0.1) is 12.3 Å². The number of aromatic nitrogens is 1. The van der Waals surface area contributed by atoms with E-state index in [2.05, 4.69) is 15.6 Å². The third-order valence-electron chi connectivity index (χ3n) is 3.45. The molecule has 1 aromatic heterocycles. The van der Waals surface area contributed by atoms with Gasteiger partial charge in [0.25, 0.3) is 5.91 Å². The zero-order valence-corrected chi connectivity index (χ0v) is 14.9. The predicted octanol–water partition coefficient (Wildman–Crippen LogP) is 4.85. The highest BCUT2D eigenvalue weighted by Gasteiger charge is 2.15. The van der Waals surface area contributed by atoms with E-state index < -0.39 is 0 Å². The summed E-state index contributed by atoms with van der Waals surface area (Å²) in [6.45, 7) is 4.42. The largest absolute Gasteiger partial charge is 0.494 e. The minimum atomic E-state index is -0.152. The Morgan fingerprint density at radius 1 is 1.08 bits per heavy atom. The summed E-state index contributed by atoms with van der Waals surface area (Å²) in [5, 5.41) is 6.79. The Bertz CT molecular complexity index is 845. The van der Waals surface area contributed by atoms with Gasteiger partial charge in [0.2, 0.25) is 0 Å². The maximum Gasteiger partial charge on any atom is 0.267 e. The van der Waals surface area contributed by atoms with Gasteiger partial charge in [-0.1, -0.05) is 29.5 Å². The number of ether oxygens (including phenoxy) is 1. The molecule has 0 bridgehead atoms. The molecule has 1 heterocycles. The number of carbonyl (C=O) groups excluding carboxylic acids is 1. The van der Waals surface area contributed by atoms with Gasteiger partial charge in [-0.25, -0.2) is 4.98 Å². The number of carbonyl (C=O) groups is 1. The molecule has 6 heteroatoms. The maximum atomic E-state index is 12.4. The third kappa shape index (κ3) is 4.36. The molecule has 1 amide bonds. The Balaban J connectivity index is 1.70. The Morgan fingerprint density at radius 2 is 1.80 bits per heavy atom. The molecule has 3 rings (SSSR count). The van der Waals surface area contributed by atoms with Crippen molar-refractivity contribution < 1.29 is 9.53 Å². The topological polar surface area (TPSA) is 63.2 Å². The van der Waals surface area contributed by atoms with E-state index in [1.807, 2.05) is 68.4 Å². The molecule has 0 unspecified atom stereocenters. The second-order valence-corrected chi connectivity index (χ2v) is 6.34. The lowest BCUT2D eigenvalue weighted by atomic mass is 10.3. The second kappa shape index (κ2) is 7.81. The molecule has 0 aliphatic rings. The van der Waals surface area contributed by atoms with Gasteiger partial charge in [0.1, 0.15) is 10.6 Å². The summed E-state index contributed by atoms with van der Waals surface area (Å²) in [4.78, 5) is 17.5. The fraction of sp³-hybridized carbons (Fsp3) is 0.158. The lowest BCUT2D eigenvalue weighted by Crippen LogP contribution is -2.11. The molecule has 0 atom stereocenters. The first-order valence-electron chi connectivity index (χ1n) is 7.99. The summed E-state index contributed by atoms with van der Waals surface area (Å²) in [6.07, 6.45) is 0. The average molecular weight is 353 g/mol. The van der Waals surface area contributed by atoms with Gasteiger partial charge in [-0.05, 0) is 50.2 Å². The summed E-state index contributed by atoms with van der Waals surface area (Å²) >= 11 is 1.33. The molecule has 25 heavy (non-hydrogen) atoms. The van der Waals surface area contributed by atoms with Crippen LogP contribution in [0, 0.1) is 6.92 Å². The Hall–Kier alpha value is -2.86. The molecule has 0 aliphatic heterocycles. The smallest absolute Gasteiger partial charge is 0.267 e.